The van der Waals surface area contributed by atoms with Crippen molar-refractivity contribution in [2.24, 2.45) is 0 Å². The summed E-state index contributed by atoms with van der Waals surface area (Å²) in [7, 11) is -3.34. The first kappa shape index (κ1) is 15.2. The Balaban J connectivity index is 2.08. The van der Waals surface area contributed by atoms with E-state index in [1.807, 2.05) is 12.1 Å². The van der Waals surface area contributed by atoms with E-state index in [9.17, 15) is 13.2 Å². The molecule has 0 bridgehead atoms. The average Bonchev–Trinajstić information content (AvgIpc) is 2.55. The van der Waals surface area contributed by atoms with Crippen LogP contribution in [0.4, 0.5) is 5.69 Å². The molecule has 5 heteroatoms. The summed E-state index contributed by atoms with van der Waals surface area (Å²) in [5.74, 6) is -0.233. The van der Waals surface area contributed by atoms with Crippen molar-refractivity contribution in [3.8, 4) is 0 Å². The molecule has 4 nitrogen and oxygen atoms in total. The number of fused-ring (bicyclic) bond motifs is 1. The largest absolute Gasteiger partial charge is 0.321 e. The summed E-state index contributed by atoms with van der Waals surface area (Å²) in [6.07, 6.45) is 1.18. The molecule has 0 heterocycles. The highest BCUT2D eigenvalue weighted by molar-refractivity contribution is 7.91. The lowest BCUT2D eigenvalue weighted by Crippen LogP contribution is -2.12. The van der Waals surface area contributed by atoms with Crippen LogP contribution in [0.25, 0.3) is 10.8 Å². The minimum Gasteiger partial charge on any atom is -0.321 e. The van der Waals surface area contributed by atoms with Gasteiger partial charge in [-0.15, -0.1) is 0 Å². The van der Waals surface area contributed by atoms with E-state index in [0.717, 1.165) is 0 Å². The number of rotatable bonds is 3. The van der Waals surface area contributed by atoms with Gasteiger partial charge in [0.05, 0.1) is 4.90 Å². The van der Waals surface area contributed by atoms with Crippen LogP contribution in [-0.2, 0) is 9.84 Å². The van der Waals surface area contributed by atoms with Gasteiger partial charge in [0.2, 0.25) is 0 Å². The zero-order chi connectivity index (χ0) is 16.4. The van der Waals surface area contributed by atoms with E-state index in [1.54, 1.807) is 48.5 Å². The lowest BCUT2D eigenvalue weighted by molar-refractivity contribution is 0.102. The Morgan fingerprint density at radius 1 is 0.826 bits per heavy atom. The third kappa shape index (κ3) is 3.10. The molecule has 0 saturated carbocycles. The summed E-state index contributed by atoms with van der Waals surface area (Å²) in [5, 5.41) is 4.14. The number of hydrogen-bond donors (Lipinski definition) is 1. The Morgan fingerprint density at radius 3 is 2.09 bits per heavy atom. The minimum atomic E-state index is -3.34. The monoisotopic (exact) mass is 325 g/mol. The molecule has 0 unspecified atom stereocenters. The van der Waals surface area contributed by atoms with Crippen molar-refractivity contribution in [1.29, 1.82) is 0 Å². The van der Waals surface area contributed by atoms with E-state index in [4.69, 9.17) is 0 Å². The number of carbonyl (C=O) groups excluding carboxylic acids is 1. The van der Waals surface area contributed by atoms with Gasteiger partial charge in [-0.2, -0.15) is 0 Å². The molecule has 3 rings (SSSR count). The Labute approximate surface area is 134 Å². The van der Waals surface area contributed by atoms with Crippen LogP contribution < -0.4 is 5.32 Å². The smallest absolute Gasteiger partial charge is 0.255 e. The Bertz CT molecular complexity index is 980. The fourth-order valence-electron chi connectivity index (χ4n) is 2.49. The maximum absolute atomic E-state index is 12.3. The summed E-state index contributed by atoms with van der Waals surface area (Å²) in [6.45, 7) is 0. The molecular formula is C18H15NO3S. The van der Waals surface area contributed by atoms with Crippen LogP contribution >= 0.6 is 0 Å². The molecule has 0 radical (unpaired) electrons. The number of sulfone groups is 1. The first-order valence-electron chi connectivity index (χ1n) is 7.05. The first-order chi connectivity index (χ1) is 11.0. The Hall–Kier alpha value is -2.66. The number of anilines is 1. The van der Waals surface area contributed by atoms with Crippen molar-refractivity contribution in [2.45, 2.75) is 4.90 Å². The first-order valence-corrected chi connectivity index (χ1v) is 8.94. The quantitative estimate of drug-likeness (QED) is 0.801. The van der Waals surface area contributed by atoms with Crippen LogP contribution in [0.5, 0.6) is 0 Å². The van der Waals surface area contributed by atoms with Crippen molar-refractivity contribution >= 4 is 32.2 Å². The van der Waals surface area contributed by atoms with Crippen LogP contribution in [-0.4, -0.2) is 20.6 Å². The summed E-state index contributed by atoms with van der Waals surface area (Å²) in [5.41, 5.74) is 1.13. The molecule has 0 fully saturated rings. The second-order valence-electron chi connectivity index (χ2n) is 5.25. The van der Waals surface area contributed by atoms with E-state index in [2.05, 4.69) is 5.32 Å². The average molecular weight is 325 g/mol. The fourth-order valence-corrected chi connectivity index (χ4v) is 3.38. The van der Waals surface area contributed by atoms with Gasteiger partial charge in [0, 0.05) is 28.3 Å². The summed E-state index contributed by atoms with van der Waals surface area (Å²) >= 11 is 0. The highest BCUT2D eigenvalue weighted by Crippen LogP contribution is 2.29. The SMILES string of the molecule is CS(=O)(=O)c1ccc(NC(=O)c2ccccc2)c2ccccc12. The molecule has 116 valence electrons. The zero-order valence-corrected chi connectivity index (χ0v) is 13.3. The third-order valence-electron chi connectivity index (χ3n) is 3.57. The molecule has 3 aromatic carbocycles. The highest BCUT2D eigenvalue weighted by Gasteiger charge is 2.15. The number of carbonyl (C=O) groups is 1. The van der Waals surface area contributed by atoms with Crippen LogP contribution in [0.3, 0.4) is 0 Å². The van der Waals surface area contributed by atoms with Crippen molar-refractivity contribution in [2.75, 3.05) is 11.6 Å². The number of amides is 1. The zero-order valence-electron chi connectivity index (χ0n) is 12.5. The maximum atomic E-state index is 12.3. The van der Waals surface area contributed by atoms with Crippen LogP contribution in [0, 0.1) is 0 Å². The summed E-state index contributed by atoms with van der Waals surface area (Å²) in [4.78, 5) is 12.6. The predicted octanol–water partition coefficient (Wildman–Crippen LogP) is 3.50. The number of nitrogens with one attached hydrogen (secondary N) is 1. The summed E-state index contributed by atoms with van der Waals surface area (Å²) < 4.78 is 23.8. The normalized spacial score (nSPS) is 11.3. The Kier molecular flexibility index (Phi) is 3.88. The molecular weight excluding hydrogens is 310 g/mol. The lowest BCUT2D eigenvalue weighted by atomic mass is 10.1. The van der Waals surface area contributed by atoms with E-state index < -0.39 is 9.84 Å². The molecule has 0 aliphatic carbocycles. The van der Waals surface area contributed by atoms with E-state index in [-0.39, 0.29) is 10.8 Å². The molecule has 3 aromatic rings. The summed E-state index contributed by atoms with van der Waals surface area (Å²) in [6, 6.07) is 19.1. The molecule has 1 amide bonds. The van der Waals surface area contributed by atoms with Crippen LogP contribution in [0.1, 0.15) is 10.4 Å². The van der Waals surface area contributed by atoms with Gasteiger partial charge in [0.25, 0.3) is 5.91 Å². The van der Waals surface area contributed by atoms with E-state index in [1.165, 1.54) is 12.3 Å². The molecule has 23 heavy (non-hydrogen) atoms. The standard InChI is InChI=1S/C18H15NO3S/c1-23(21,22)17-12-11-16(14-9-5-6-10-15(14)17)19-18(20)13-7-3-2-4-8-13/h2-12H,1H3,(H,19,20). The minimum absolute atomic E-state index is 0.233. The van der Waals surface area contributed by atoms with Gasteiger partial charge in [-0.1, -0.05) is 42.5 Å². The second-order valence-corrected chi connectivity index (χ2v) is 7.23. The van der Waals surface area contributed by atoms with Gasteiger partial charge in [-0.05, 0) is 24.3 Å². The van der Waals surface area contributed by atoms with Crippen LogP contribution in [0.15, 0.2) is 71.6 Å². The lowest BCUT2D eigenvalue weighted by Gasteiger charge is -2.11. The predicted molar refractivity (Wildman–Crippen MR) is 91.5 cm³/mol. The van der Waals surface area contributed by atoms with Gasteiger partial charge in [-0.3, -0.25) is 4.79 Å². The van der Waals surface area contributed by atoms with Gasteiger partial charge in [0.15, 0.2) is 9.84 Å². The molecule has 0 aromatic heterocycles. The van der Waals surface area contributed by atoms with Crippen molar-refractivity contribution < 1.29 is 13.2 Å². The topological polar surface area (TPSA) is 63.2 Å². The van der Waals surface area contributed by atoms with E-state index >= 15 is 0 Å². The number of benzene rings is 3. The highest BCUT2D eigenvalue weighted by atomic mass is 32.2. The van der Waals surface area contributed by atoms with Crippen molar-refractivity contribution in [1.82, 2.24) is 0 Å². The third-order valence-corrected chi connectivity index (χ3v) is 4.72. The van der Waals surface area contributed by atoms with Gasteiger partial charge in [-0.25, -0.2) is 8.42 Å². The van der Waals surface area contributed by atoms with Crippen molar-refractivity contribution in [3.63, 3.8) is 0 Å². The molecule has 0 aliphatic rings. The molecule has 0 saturated heterocycles. The number of hydrogen-bond acceptors (Lipinski definition) is 3. The van der Waals surface area contributed by atoms with E-state index in [0.29, 0.717) is 22.0 Å². The molecule has 0 aliphatic heterocycles. The molecule has 1 N–H and O–H groups in total. The molecule has 0 spiro atoms. The van der Waals surface area contributed by atoms with Gasteiger partial charge >= 0.3 is 0 Å². The fraction of sp³-hybridized carbons (Fsp3) is 0.0556. The van der Waals surface area contributed by atoms with Gasteiger partial charge < -0.3 is 5.32 Å². The maximum Gasteiger partial charge on any atom is 0.255 e. The van der Waals surface area contributed by atoms with Crippen molar-refractivity contribution in [3.05, 3.63) is 72.3 Å². The second kappa shape index (κ2) is 5.85. The van der Waals surface area contributed by atoms with Crippen LogP contribution in [0.2, 0.25) is 0 Å². The van der Waals surface area contributed by atoms with Gasteiger partial charge in [0.1, 0.15) is 0 Å². The molecule has 0 atom stereocenters. The Morgan fingerprint density at radius 2 is 1.43 bits per heavy atom.